The minimum atomic E-state index is -0.537. The summed E-state index contributed by atoms with van der Waals surface area (Å²) < 4.78 is 11.0. The van der Waals surface area contributed by atoms with Crippen molar-refractivity contribution in [3.05, 3.63) is 0 Å². The minimum absolute atomic E-state index is 0.0691. The molecular formula is C15H24N2O4. The monoisotopic (exact) mass is 296 g/mol. The number of carbonyl (C=O) groups excluding carboxylic acids is 2. The van der Waals surface area contributed by atoms with E-state index in [0.29, 0.717) is 19.5 Å². The van der Waals surface area contributed by atoms with E-state index in [1.54, 1.807) is 4.90 Å². The fraction of sp³-hybridized carbons (Fsp3) is 0.733. The summed E-state index contributed by atoms with van der Waals surface area (Å²) in [6.45, 7) is 8.43. The molecule has 1 aliphatic rings. The Bertz CT molecular complexity index is 436. The summed E-state index contributed by atoms with van der Waals surface area (Å²) in [5.41, 5.74) is -1.06. The fourth-order valence-corrected chi connectivity index (χ4v) is 1.97. The van der Waals surface area contributed by atoms with Gasteiger partial charge in [-0.3, -0.25) is 4.79 Å². The largest absolute Gasteiger partial charge is 0.444 e. The van der Waals surface area contributed by atoms with Crippen LogP contribution in [-0.2, 0) is 14.3 Å². The Morgan fingerprint density at radius 2 is 2.10 bits per heavy atom. The Kier molecular flexibility index (Phi) is 5.62. The second-order valence-corrected chi connectivity index (χ2v) is 6.37. The zero-order valence-electron chi connectivity index (χ0n) is 13.2. The maximum atomic E-state index is 12.0. The van der Waals surface area contributed by atoms with Gasteiger partial charge in [-0.05, 0) is 34.1 Å². The van der Waals surface area contributed by atoms with Crippen LogP contribution in [0.1, 0.15) is 34.1 Å². The molecule has 1 unspecified atom stereocenters. The number of nitrogens with zero attached hydrogens (tertiary/aromatic N) is 1. The molecule has 1 saturated heterocycles. The lowest BCUT2D eigenvalue weighted by molar-refractivity contribution is -0.131. The first kappa shape index (κ1) is 17.3. The van der Waals surface area contributed by atoms with Gasteiger partial charge in [0.2, 0.25) is 5.91 Å². The molecular weight excluding hydrogens is 272 g/mol. The molecule has 0 aromatic heterocycles. The van der Waals surface area contributed by atoms with Crippen molar-refractivity contribution in [2.24, 2.45) is 0 Å². The maximum Gasteiger partial charge on any atom is 0.410 e. The van der Waals surface area contributed by atoms with Crippen molar-refractivity contribution in [3.63, 3.8) is 0 Å². The summed E-state index contributed by atoms with van der Waals surface area (Å²) in [5.74, 6) is 2.06. The van der Waals surface area contributed by atoms with Crippen LogP contribution in [-0.4, -0.2) is 54.3 Å². The van der Waals surface area contributed by atoms with E-state index < -0.39 is 11.2 Å². The van der Waals surface area contributed by atoms with Gasteiger partial charge in [-0.15, -0.1) is 6.42 Å². The lowest BCUT2D eigenvalue weighted by Gasteiger charge is -2.27. The van der Waals surface area contributed by atoms with Crippen molar-refractivity contribution < 1.29 is 19.1 Å². The second-order valence-electron chi connectivity index (χ2n) is 6.37. The molecule has 0 aromatic rings. The molecule has 6 heteroatoms. The molecule has 1 rings (SSSR count). The number of amides is 2. The highest BCUT2D eigenvalue weighted by atomic mass is 16.6. The Morgan fingerprint density at radius 1 is 1.43 bits per heavy atom. The molecule has 2 amide bonds. The zero-order valence-corrected chi connectivity index (χ0v) is 13.2. The minimum Gasteiger partial charge on any atom is -0.444 e. The average Bonchev–Trinajstić information content (AvgIpc) is 2.75. The standard InChI is InChI=1S/C15H24N2O4/c1-6-8-16-12(18)10-20-15(5)7-9-17(11-15)13(19)21-14(2,3)4/h1H,7-11H2,2-5H3,(H,16,18). The van der Waals surface area contributed by atoms with E-state index in [0.717, 1.165) is 0 Å². The molecule has 1 atom stereocenters. The van der Waals surface area contributed by atoms with Crippen LogP contribution in [0.3, 0.4) is 0 Å². The lowest BCUT2D eigenvalue weighted by atomic mass is 10.1. The van der Waals surface area contributed by atoms with Gasteiger partial charge >= 0.3 is 6.09 Å². The van der Waals surface area contributed by atoms with Crippen molar-refractivity contribution >= 4 is 12.0 Å². The highest BCUT2D eigenvalue weighted by molar-refractivity contribution is 5.77. The molecule has 21 heavy (non-hydrogen) atoms. The summed E-state index contributed by atoms with van der Waals surface area (Å²) >= 11 is 0. The van der Waals surface area contributed by atoms with Crippen molar-refractivity contribution in [1.82, 2.24) is 10.2 Å². The summed E-state index contributed by atoms with van der Waals surface area (Å²) in [7, 11) is 0. The highest BCUT2D eigenvalue weighted by Crippen LogP contribution is 2.26. The second kappa shape index (κ2) is 6.81. The van der Waals surface area contributed by atoms with Crippen LogP contribution >= 0.6 is 0 Å². The summed E-state index contributed by atoms with van der Waals surface area (Å²) in [5, 5.41) is 2.53. The van der Waals surface area contributed by atoms with Gasteiger partial charge in [-0.25, -0.2) is 4.79 Å². The van der Waals surface area contributed by atoms with E-state index in [1.165, 1.54) is 0 Å². The lowest BCUT2D eigenvalue weighted by Crippen LogP contribution is -2.40. The normalized spacial score (nSPS) is 21.8. The molecule has 0 saturated carbocycles. The number of terminal acetylenes is 1. The van der Waals surface area contributed by atoms with Crippen LogP contribution in [0.25, 0.3) is 0 Å². The van der Waals surface area contributed by atoms with Gasteiger partial charge < -0.3 is 19.7 Å². The average molecular weight is 296 g/mol. The van der Waals surface area contributed by atoms with Crippen LogP contribution in [0.2, 0.25) is 0 Å². The Morgan fingerprint density at radius 3 is 2.67 bits per heavy atom. The molecule has 0 radical (unpaired) electrons. The molecule has 1 fully saturated rings. The number of hydrogen-bond acceptors (Lipinski definition) is 4. The summed E-state index contributed by atoms with van der Waals surface area (Å²) in [6, 6.07) is 0. The van der Waals surface area contributed by atoms with E-state index in [9.17, 15) is 9.59 Å². The first-order chi connectivity index (χ1) is 9.65. The van der Waals surface area contributed by atoms with Gasteiger partial charge in [-0.1, -0.05) is 5.92 Å². The van der Waals surface area contributed by atoms with Crippen LogP contribution in [0, 0.1) is 12.3 Å². The van der Waals surface area contributed by atoms with Crippen LogP contribution in [0.4, 0.5) is 4.79 Å². The van der Waals surface area contributed by atoms with Crippen LogP contribution in [0.15, 0.2) is 0 Å². The van der Waals surface area contributed by atoms with Crippen molar-refractivity contribution in [2.75, 3.05) is 26.2 Å². The number of likely N-dealkylation sites (tertiary alicyclic amines) is 1. The van der Waals surface area contributed by atoms with E-state index in [-0.39, 0.29) is 25.2 Å². The maximum absolute atomic E-state index is 12.0. The molecule has 0 aliphatic carbocycles. The summed E-state index contributed by atoms with van der Waals surface area (Å²) in [6.07, 6.45) is 5.37. The summed E-state index contributed by atoms with van der Waals surface area (Å²) in [4.78, 5) is 25.0. The molecule has 6 nitrogen and oxygen atoms in total. The number of hydrogen-bond donors (Lipinski definition) is 1. The Balaban J connectivity index is 2.43. The smallest absolute Gasteiger partial charge is 0.410 e. The number of carbonyl (C=O) groups is 2. The third-order valence-electron chi connectivity index (χ3n) is 3.03. The Labute approximate surface area is 126 Å². The van der Waals surface area contributed by atoms with E-state index in [1.807, 2.05) is 27.7 Å². The van der Waals surface area contributed by atoms with Crippen molar-refractivity contribution in [1.29, 1.82) is 0 Å². The van der Waals surface area contributed by atoms with Crippen molar-refractivity contribution in [3.8, 4) is 12.3 Å². The third kappa shape index (κ3) is 6.05. The molecule has 0 bridgehead atoms. The molecule has 0 spiro atoms. The van der Waals surface area contributed by atoms with Crippen LogP contribution in [0.5, 0.6) is 0 Å². The molecule has 1 heterocycles. The number of nitrogens with one attached hydrogen (secondary N) is 1. The van der Waals surface area contributed by atoms with Gasteiger partial charge in [0.05, 0.1) is 18.7 Å². The first-order valence-corrected chi connectivity index (χ1v) is 6.97. The van der Waals surface area contributed by atoms with Gasteiger partial charge in [0.15, 0.2) is 0 Å². The molecule has 118 valence electrons. The predicted molar refractivity (Wildman–Crippen MR) is 78.6 cm³/mol. The zero-order chi connectivity index (χ0) is 16.1. The first-order valence-electron chi connectivity index (χ1n) is 6.97. The van der Waals surface area contributed by atoms with E-state index >= 15 is 0 Å². The SMILES string of the molecule is C#CCNC(=O)COC1(C)CCN(C(=O)OC(C)(C)C)C1. The van der Waals surface area contributed by atoms with Gasteiger partial charge in [0.1, 0.15) is 12.2 Å². The quantitative estimate of drug-likeness (QED) is 0.790. The predicted octanol–water partition coefficient (Wildman–Crippen LogP) is 1.15. The van der Waals surface area contributed by atoms with E-state index in [4.69, 9.17) is 15.9 Å². The van der Waals surface area contributed by atoms with Gasteiger partial charge in [0.25, 0.3) is 0 Å². The van der Waals surface area contributed by atoms with Crippen LogP contribution < -0.4 is 5.32 Å². The molecule has 1 N–H and O–H groups in total. The highest BCUT2D eigenvalue weighted by Gasteiger charge is 2.38. The topological polar surface area (TPSA) is 67.9 Å². The molecule has 1 aliphatic heterocycles. The molecule has 0 aromatic carbocycles. The number of ether oxygens (including phenoxy) is 2. The number of rotatable bonds is 4. The Hall–Kier alpha value is -1.74. The van der Waals surface area contributed by atoms with Gasteiger partial charge in [-0.2, -0.15) is 0 Å². The third-order valence-corrected chi connectivity index (χ3v) is 3.03. The van der Waals surface area contributed by atoms with E-state index in [2.05, 4.69) is 11.2 Å². The van der Waals surface area contributed by atoms with Crippen molar-refractivity contribution in [2.45, 2.75) is 45.3 Å². The van der Waals surface area contributed by atoms with Gasteiger partial charge in [0, 0.05) is 6.54 Å². The fourth-order valence-electron chi connectivity index (χ4n) is 1.97.